The minimum Gasteiger partial charge on any atom is -0.465 e. The Morgan fingerprint density at radius 2 is 2.33 bits per heavy atom. The molecule has 1 aliphatic carbocycles. The zero-order valence-corrected chi connectivity index (χ0v) is 10.2. The summed E-state index contributed by atoms with van der Waals surface area (Å²) >= 11 is 0. The molecule has 1 N–H and O–H groups in total. The average molecular weight is 245 g/mol. The van der Waals surface area contributed by atoms with Gasteiger partial charge in [-0.1, -0.05) is 0 Å². The summed E-state index contributed by atoms with van der Waals surface area (Å²) in [4.78, 5) is 15.9. The first-order valence-corrected chi connectivity index (χ1v) is 6.05. The van der Waals surface area contributed by atoms with E-state index in [2.05, 4.69) is 10.3 Å². The van der Waals surface area contributed by atoms with Gasteiger partial charge in [0.15, 0.2) is 0 Å². The molecule has 0 radical (unpaired) electrons. The zero-order chi connectivity index (χ0) is 12.5. The molecule has 18 heavy (non-hydrogen) atoms. The first-order valence-electron chi connectivity index (χ1n) is 6.05. The normalized spacial score (nSPS) is 14.9. The van der Waals surface area contributed by atoms with E-state index in [0.717, 1.165) is 17.9 Å². The van der Waals surface area contributed by atoms with Gasteiger partial charge in [-0.25, -0.2) is 9.78 Å². The number of fused-ring (bicyclic) bond motifs is 1. The van der Waals surface area contributed by atoms with Gasteiger partial charge in [0.05, 0.1) is 18.4 Å². The highest BCUT2D eigenvalue weighted by atomic mass is 16.5. The summed E-state index contributed by atoms with van der Waals surface area (Å²) in [6.07, 6.45) is 6.21. The van der Waals surface area contributed by atoms with Crippen molar-refractivity contribution in [1.82, 2.24) is 14.7 Å². The lowest BCUT2D eigenvalue weighted by Gasteiger charge is -1.99. The third kappa shape index (κ3) is 2.22. The molecular weight excluding hydrogens is 230 g/mol. The Kier molecular flexibility index (Phi) is 2.76. The minimum atomic E-state index is -0.330. The molecule has 1 aliphatic rings. The van der Waals surface area contributed by atoms with Crippen LogP contribution in [0.15, 0.2) is 24.5 Å². The Morgan fingerprint density at radius 1 is 1.50 bits per heavy atom. The van der Waals surface area contributed by atoms with E-state index in [0.29, 0.717) is 11.6 Å². The van der Waals surface area contributed by atoms with Gasteiger partial charge in [-0.2, -0.15) is 0 Å². The molecule has 0 atom stereocenters. The molecule has 0 saturated heterocycles. The van der Waals surface area contributed by atoms with Crippen LogP contribution in [0.5, 0.6) is 0 Å². The summed E-state index contributed by atoms with van der Waals surface area (Å²) in [5, 5.41) is 3.41. The number of carbonyl (C=O) groups is 1. The number of nitrogens with one attached hydrogen (secondary N) is 1. The first-order chi connectivity index (χ1) is 8.76. The molecule has 0 aliphatic heterocycles. The number of esters is 1. The van der Waals surface area contributed by atoms with E-state index in [-0.39, 0.29) is 5.97 Å². The quantitative estimate of drug-likeness (QED) is 0.827. The summed E-state index contributed by atoms with van der Waals surface area (Å²) < 4.78 is 6.55. The van der Waals surface area contributed by atoms with E-state index < -0.39 is 0 Å². The van der Waals surface area contributed by atoms with Crippen molar-refractivity contribution in [1.29, 1.82) is 0 Å². The molecule has 0 spiro atoms. The molecule has 1 saturated carbocycles. The molecule has 2 aromatic rings. The lowest BCUT2D eigenvalue weighted by molar-refractivity contribution is 0.0600. The second-order valence-corrected chi connectivity index (χ2v) is 4.56. The fourth-order valence-electron chi connectivity index (χ4n) is 1.90. The van der Waals surface area contributed by atoms with Crippen molar-refractivity contribution in [3.05, 3.63) is 35.8 Å². The maximum absolute atomic E-state index is 11.4. The standard InChI is InChI=1S/C13H15N3O2/c1-18-13(17)9-2-5-12-15-11(8-16(12)7-9)6-14-10-3-4-10/h2,5,7-8,10,14H,3-4,6H2,1H3. The van der Waals surface area contributed by atoms with Crippen molar-refractivity contribution in [3.8, 4) is 0 Å². The largest absolute Gasteiger partial charge is 0.465 e. The molecule has 5 nitrogen and oxygen atoms in total. The van der Waals surface area contributed by atoms with Crippen molar-refractivity contribution in [2.24, 2.45) is 0 Å². The van der Waals surface area contributed by atoms with E-state index in [9.17, 15) is 4.79 Å². The maximum atomic E-state index is 11.4. The van der Waals surface area contributed by atoms with Gasteiger partial charge in [-0.3, -0.25) is 0 Å². The number of pyridine rings is 1. The molecule has 5 heteroatoms. The molecule has 2 aromatic heterocycles. The van der Waals surface area contributed by atoms with E-state index in [1.807, 2.05) is 16.7 Å². The Hall–Kier alpha value is -1.88. The molecule has 0 unspecified atom stereocenters. The zero-order valence-electron chi connectivity index (χ0n) is 10.2. The predicted octanol–water partition coefficient (Wildman–Crippen LogP) is 1.37. The molecule has 0 aromatic carbocycles. The minimum absolute atomic E-state index is 0.330. The van der Waals surface area contributed by atoms with Gasteiger partial charge in [0.2, 0.25) is 0 Å². The number of hydrogen-bond acceptors (Lipinski definition) is 4. The van der Waals surface area contributed by atoms with Crippen LogP contribution in [0.1, 0.15) is 28.9 Å². The van der Waals surface area contributed by atoms with Gasteiger partial charge in [-0.05, 0) is 25.0 Å². The van der Waals surface area contributed by atoms with Gasteiger partial charge < -0.3 is 14.5 Å². The van der Waals surface area contributed by atoms with Crippen LogP contribution >= 0.6 is 0 Å². The maximum Gasteiger partial charge on any atom is 0.339 e. The summed E-state index contributed by atoms with van der Waals surface area (Å²) in [6, 6.07) is 4.22. The topological polar surface area (TPSA) is 55.6 Å². The summed E-state index contributed by atoms with van der Waals surface area (Å²) in [6.45, 7) is 0.778. The monoisotopic (exact) mass is 245 g/mol. The Morgan fingerprint density at radius 3 is 3.06 bits per heavy atom. The second kappa shape index (κ2) is 4.42. The van der Waals surface area contributed by atoms with Crippen LogP contribution in [0.25, 0.3) is 5.65 Å². The highest BCUT2D eigenvalue weighted by Crippen LogP contribution is 2.19. The summed E-state index contributed by atoms with van der Waals surface area (Å²) in [5.74, 6) is -0.330. The first kappa shape index (κ1) is 11.2. The third-order valence-electron chi connectivity index (χ3n) is 3.07. The van der Waals surface area contributed by atoms with Crippen LogP contribution in [-0.4, -0.2) is 28.5 Å². The fourth-order valence-corrected chi connectivity index (χ4v) is 1.90. The Labute approximate surface area is 105 Å². The van der Waals surface area contributed by atoms with Crippen LogP contribution in [-0.2, 0) is 11.3 Å². The van der Waals surface area contributed by atoms with Crippen molar-refractivity contribution in [2.45, 2.75) is 25.4 Å². The number of rotatable bonds is 4. The average Bonchev–Trinajstić information content (AvgIpc) is 3.13. The highest BCUT2D eigenvalue weighted by molar-refractivity contribution is 5.89. The van der Waals surface area contributed by atoms with E-state index in [4.69, 9.17) is 4.74 Å². The van der Waals surface area contributed by atoms with E-state index in [1.54, 1.807) is 12.3 Å². The molecule has 0 bridgehead atoms. The lowest BCUT2D eigenvalue weighted by Crippen LogP contribution is -2.15. The lowest BCUT2D eigenvalue weighted by atomic mass is 10.3. The molecule has 0 amide bonds. The summed E-state index contributed by atoms with van der Waals surface area (Å²) in [7, 11) is 1.38. The van der Waals surface area contributed by atoms with Crippen molar-refractivity contribution >= 4 is 11.6 Å². The smallest absolute Gasteiger partial charge is 0.339 e. The molecule has 2 heterocycles. The third-order valence-corrected chi connectivity index (χ3v) is 3.07. The van der Waals surface area contributed by atoms with Crippen LogP contribution in [0, 0.1) is 0 Å². The summed E-state index contributed by atoms with van der Waals surface area (Å²) in [5.41, 5.74) is 2.36. The SMILES string of the molecule is COC(=O)c1ccc2nc(CNC3CC3)cn2c1. The number of aromatic nitrogens is 2. The van der Waals surface area contributed by atoms with Gasteiger partial charge in [-0.15, -0.1) is 0 Å². The predicted molar refractivity (Wildman–Crippen MR) is 66.4 cm³/mol. The number of imidazole rings is 1. The van der Waals surface area contributed by atoms with Gasteiger partial charge in [0, 0.05) is 25.0 Å². The van der Waals surface area contributed by atoms with E-state index in [1.165, 1.54) is 20.0 Å². The highest BCUT2D eigenvalue weighted by Gasteiger charge is 2.20. The molecular formula is C13H15N3O2. The van der Waals surface area contributed by atoms with Crippen LogP contribution in [0.4, 0.5) is 0 Å². The number of nitrogens with zero attached hydrogens (tertiary/aromatic N) is 2. The van der Waals surface area contributed by atoms with Crippen molar-refractivity contribution in [2.75, 3.05) is 7.11 Å². The van der Waals surface area contributed by atoms with Gasteiger partial charge in [0.1, 0.15) is 5.65 Å². The fraction of sp³-hybridized carbons (Fsp3) is 0.385. The Balaban J connectivity index is 1.83. The number of ether oxygens (including phenoxy) is 1. The molecule has 3 rings (SSSR count). The van der Waals surface area contributed by atoms with Crippen LogP contribution < -0.4 is 5.32 Å². The molecule has 1 fully saturated rings. The second-order valence-electron chi connectivity index (χ2n) is 4.56. The van der Waals surface area contributed by atoms with E-state index >= 15 is 0 Å². The number of hydrogen-bond donors (Lipinski definition) is 1. The number of carbonyl (C=O) groups excluding carboxylic acids is 1. The van der Waals surface area contributed by atoms with Gasteiger partial charge in [0.25, 0.3) is 0 Å². The van der Waals surface area contributed by atoms with Crippen molar-refractivity contribution < 1.29 is 9.53 Å². The molecule has 94 valence electrons. The van der Waals surface area contributed by atoms with Crippen molar-refractivity contribution in [3.63, 3.8) is 0 Å². The van der Waals surface area contributed by atoms with Crippen LogP contribution in [0.3, 0.4) is 0 Å². The van der Waals surface area contributed by atoms with Gasteiger partial charge >= 0.3 is 5.97 Å². The number of methoxy groups -OCH3 is 1. The Bertz CT molecular complexity index is 587. The van der Waals surface area contributed by atoms with Crippen LogP contribution in [0.2, 0.25) is 0 Å².